The molecule has 0 aromatic heterocycles. The fraction of sp³-hybridized carbons (Fsp3) is 0.500. The lowest BCUT2D eigenvalue weighted by Gasteiger charge is -2.16. The van der Waals surface area contributed by atoms with Gasteiger partial charge in [-0.1, -0.05) is 44.2 Å². The van der Waals surface area contributed by atoms with E-state index >= 15 is 0 Å². The van der Waals surface area contributed by atoms with E-state index in [4.69, 9.17) is 5.73 Å². The number of primary amides is 1. The molecule has 4 heteroatoms. The number of carbonyl (C=O) groups excluding carboxylic acids is 2. The number of hydrogen-bond acceptors (Lipinski definition) is 2. The first-order valence-corrected chi connectivity index (χ1v) is 7.11. The number of carbonyl (C=O) groups is 2. The summed E-state index contributed by atoms with van der Waals surface area (Å²) in [4.78, 5) is 23.1. The predicted molar refractivity (Wildman–Crippen MR) is 80.0 cm³/mol. The van der Waals surface area contributed by atoms with Gasteiger partial charge in [0.05, 0.1) is 0 Å². The number of hydrogen-bond donors (Lipinski definition) is 2. The maximum atomic E-state index is 11.7. The van der Waals surface area contributed by atoms with Crippen molar-refractivity contribution in [3.05, 3.63) is 35.9 Å². The van der Waals surface area contributed by atoms with Crippen LogP contribution in [-0.4, -0.2) is 17.9 Å². The summed E-state index contributed by atoms with van der Waals surface area (Å²) < 4.78 is 0. The third-order valence-corrected chi connectivity index (χ3v) is 3.07. The second-order valence-electron chi connectivity index (χ2n) is 5.50. The third-order valence-electron chi connectivity index (χ3n) is 3.07. The molecule has 110 valence electrons. The van der Waals surface area contributed by atoms with Gasteiger partial charge in [0.15, 0.2) is 0 Å². The van der Waals surface area contributed by atoms with Crippen LogP contribution in [0, 0.1) is 5.92 Å². The first-order chi connectivity index (χ1) is 9.49. The molecule has 1 aromatic rings. The predicted octanol–water partition coefficient (Wildman–Crippen LogP) is 2.03. The fourth-order valence-electron chi connectivity index (χ4n) is 2.06. The van der Waals surface area contributed by atoms with Gasteiger partial charge in [-0.2, -0.15) is 0 Å². The van der Waals surface area contributed by atoms with E-state index < -0.39 is 11.9 Å². The van der Waals surface area contributed by atoms with Crippen LogP contribution in [0.4, 0.5) is 0 Å². The van der Waals surface area contributed by atoms with Crippen molar-refractivity contribution < 1.29 is 9.59 Å². The van der Waals surface area contributed by atoms with Crippen LogP contribution in [0.2, 0.25) is 0 Å². The van der Waals surface area contributed by atoms with E-state index in [-0.39, 0.29) is 11.8 Å². The quantitative estimate of drug-likeness (QED) is 0.762. The van der Waals surface area contributed by atoms with E-state index in [0.717, 1.165) is 12.8 Å². The van der Waals surface area contributed by atoms with Gasteiger partial charge in [0, 0.05) is 6.42 Å². The molecular weight excluding hydrogens is 252 g/mol. The minimum absolute atomic E-state index is 0.108. The molecule has 1 atom stereocenters. The van der Waals surface area contributed by atoms with Gasteiger partial charge in [0.25, 0.3) is 0 Å². The van der Waals surface area contributed by atoms with Crippen LogP contribution in [0.15, 0.2) is 30.3 Å². The molecule has 0 heterocycles. The Labute approximate surface area is 120 Å². The van der Waals surface area contributed by atoms with E-state index in [0.29, 0.717) is 12.8 Å². The van der Waals surface area contributed by atoms with Crippen molar-refractivity contribution in [3.8, 4) is 0 Å². The van der Waals surface area contributed by atoms with Crippen LogP contribution >= 0.6 is 0 Å². The molecule has 0 bridgehead atoms. The average Bonchev–Trinajstić information content (AvgIpc) is 2.37. The van der Waals surface area contributed by atoms with Crippen molar-refractivity contribution in [2.45, 2.75) is 45.6 Å². The Hall–Kier alpha value is -1.84. The highest BCUT2D eigenvalue weighted by molar-refractivity contribution is 5.86. The van der Waals surface area contributed by atoms with Crippen molar-refractivity contribution in [2.75, 3.05) is 0 Å². The maximum absolute atomic E-state index is 11.7. The van der Waals surface area contributed by atoms with Gasteiger partial charge in [-0.25, -0.2) is 0 Å². The molecular formula is C16H24N2O2. The normalized spacial score (nSPS) is 12.2. The Kier molecular flexibility index (Phi) is 6.77. The Morgan fingerprint density at radius 2 is 1.85 bits per heavy atom. The molecule has 4 nitrogen and oxygen atoms in total. The largest absolute Gasteiger partial charge is 0.368 e. The summed E-state index contributed by atoms with van der Waals surface area (Å²) >= 11 is 0. The average molecular weight is 276 g/mol. The second-order valence-corrected chi connectivity index (χ2v) is 5.50. The molecule has 0 unspecified atom stereocenters. The molecule has 2 amide bonds. The topological polar surface area (TPSA) is 72.2 Å². The molecule has 0 radical (unpaired) electrons. The minimum atomic E-state index is -0.565. The number of rotatable bonds is 8. The van der Waals surface area contributed by atoms with Gasteiger partial charge in [-0.3, -0.25) is 9.59 Å². The molecule has 20 heavy (non-hydrogen) atoms. The van der Waals surface area contributed by atoms with Crippen LogP contribution in [-0.2, 0) is 16.0 Å². The first-order valence-electron chi connectivity index (χ1n) is 7.11. The van der Waals surface area contributed by atoms with Gasteiger partial charge in [0.1, 0.15) is 6.04 Å². The van der Waals surface area contributed by atoms with E-state index in [9.17, 15) is 9.59 Å². The van der Waals surface area contributed by atoms with Crippen molar-refractivity contribution in [1.82, 2.24) is 5.32 Å². The van der Waals surface area contributed by atoms with Crippen LogP contribution in [0.25, 0.3) is 0 Å². The van der Waals surface area contributed by atoms with Crippen molar-refractivity contribution in [2.24, 2.45) is 11.7 Å². The summed E-state index contributed by atoms with van der Waals surface area (Å²) in [5.41, 5.74) is 6.57. The lowest BCUT2D eigenvalue weighted by atomic mass is 10.0. The van der Waals surface area contributed by atoms with Gasteiger partial charge >= 0.3 is 0 Å². The second kappa shape index (κ2) is 8.35. The zero-order valence-corrected chi connectivity index (χ0v) is 12.3. The lowest BCUT2D eigenvalue weighted by molar-refractivity contribution is -0.128. The SMILES string of the molecule is CC(C)CC(=O)N[C@@H](CCCc1ccccc1)C(N)=O. The van der Waals surface area contributed by atoms with Gasteiger partial charge in [-0.15, -0.1) is 0 Å². The standard InChI is InChI=1S/C16H24N2O2/c1-12(2)11-15(19)18-14(16(17)20)10-6-9-13-7-4-3-5-8-13/h3-5,7-8,12,14H,6,9-11H2,1-2H3,(H2,17,20)(H,18,19)/t14-/m0/s1. The lowest BCUT2D eigenvalue weighted by Crippen LogP contribution is -2.44. The van der Waals surface area contributed by atoms with Crippen molar-refractivity contribution in [1.29, 1.82) is 0 Å². The highest BCUT2D eigenvalue weighted by atomic mass is 16.2. The molecule has 0 saturated heterocycles. The van der Waals surface area contributed by atoms with Crippen LogP contribution < -0.4 is 11.1 Å². The highest BCUT2D eigenvalue weighted by Crippen LogP contribution is 2.07. The number of benzene rings is 1. The summed E-state index contributed by atoms with van der Waals surface area (Å²) in [6.07, 6.45) is 2.70. The highest BCUT2D eigenvalue weighted by Gasteiger charge is 2.17. The molecule has 1 rings (SSSR count). The molecule has 1 aromatic carbocycles. The maximum Gasteiger partial charge on any atom is 0.239 e. The summed E-state index contributed by atoms with van der Waals surface area (Å²) in [6, 6.07) is 9.50. The van der Waals surface area contributed by atoms with E-state index in [1.165, 1.54) is 5.56 Å². The van der Waals surface area contributed by atoms with E-state index in [2.05, 4.69) is 17.4 Å². The zero-order valence-electron chi connectivity index (χ0n) is 12.3. The number of nitrogens with two attached hydrogens (primary N) is 1. The van der Waals surface area contributed by atoms with E-state index in [1.54, 1.807) is 0 Å². The number of nitrogens with one attached hydrogen (secondary N) is 1. The van der Waals surface area contributed by atoms with Gasteiger partial charge in [-0.05, 0) is 30.7 Å². The fourth-order valence-corrected chi connectivity index (χ4v) is 2.06. The molecule has 0 spiro atoms. The van der Waals surface area contributed by atoms with Crippen molar-refractivity contribution >= 4 is 11.8 Å². The molecule has 0 aliphatic heterocycles. The smallest absolute Gasteiger partial charge is 0.239 e. The minimum Gasteiger partial charge on any atom is -0.368 e. The summed E-state index contributed by atoms with van der Waals surface area (Å²) in [6.45, 7) is 3.93. The monoisotopic (exact) mass is 276 g/mol. The Balaban J connectivity index is 2.39. The van der Waals surface area contributed by atoms with E-state index in [1.807, 2.05) is 32.0 Å². The van der Waals surface area contributed by atoms with Crippen molar-refractivity contribution in [3.63, 3.8) is 0 Å². The van der Waals surface area contributed by atoms with Crippen LogP contribution in [0.3, 0.4) is 0 Å². The Morgan fingerprint density at radius 1 is 1.20 bits per heavy atom. The third kappa shape index (κ3) is 6.36. The number of aryl methyl sites for hydroxylation is 1. The Morgan fingerprint density at radius 3 is 2.40 bits per heavy atom. The van der Waals surface area contributed by atoms with Crippen LogP contribution in [0.5, 0.6) is 0 Å². The summed E-state index contributed by atoms with van der Waals surface area (Å²) in [7, 11) is 0. The molecule has 0 aliphatic rings. The molecule has 3 N–H and O–H groups in total. The van der Waals surface area contributed by atoms with Crippen LogP contribution in [0.1, 0.15) is 38.7 Å². The molecule has 0 fully saturated rings. The summed E-state index contributed by atoms with van der Waals surface area (Å²) in [5.74, 6) is -0.300. The van der Waals surface area contributed by atoms with Gasteiger partial charge < -0.3 is 11.1 Å². The molecule has 0 saturated carbocycles. The molecule has 0 aliphatic carbocycles. The summed E-state index contributed by atoms with van der Waals surface area (Å²) in [5, 5.41) is 2.72. The zero-order chi connectivity index (χ0) is 15.0. The van der Waals surface area contributed by atoms with Gasteiger partial charge in [0.2, 0.25) is 11.8 Å². The Bertz CT molecular complexity index is 429. The first kappa shape index (κ1) is 16.2. The number of amides is 2.